The van der Waals surface area contributed by atoms with Crippen molar-refractivity contribution in [1.29, 1.82) is 5.26 Å². The predicted molar refractivity (Wildman–Crippen MR) is 246 cm³/mol. The van der Waals surface area contributed by atoms with Gasteiger partial charge in [0.05, 0.1) is 16.8 Å². The summed E-state index contributed by atoms with van der Waals surface area (Å²) < 4.78 is 40.7. The van der Waals surface area contributed by atoms with Crippen molar-refractivity contribution >= 4 is 34.7 Å². The van der Waals surface area contributed by atoms with Gasteiger partial charge in [-0.25, -0.2) is 0 Å². The van der Waals surface area contributed by atoms with Gasteiger partial charge in [-0.2, -0.15) is 18.4 Å². The van der Waals surface area contributed by atoms with E-state index in [0.29, 0.717) is 74.2 Å². The van der Waals surface area contributed by atoms with Gasteiger partial charge in [-0.15, -0.1) is 0 Å². The van der Waals surface area contributed by atoms with Gasteiger partial charge in [0.25, 0.3) is 0 Å². The van der Waals surface area contributed by atoms with Crippen molar-refractivity contribution in [2.24, 2.45) is 5.41 Å². The highest BCUT2D eigenvalue weighted by molar-refractivity contribution is 6.29. The van der Waals surface area contributed by atoms with Crippen LogP contribution in [0.5, 0.6) is 0 Å². The monoisotopic (exact) mass is 918 g/mol. The zero-order chi connectivity index (χ0) is 48.7. The van der Waals surface area contributed by atoms with Crippen molar-refractivity contribution in [2.75, 3.05) is 0 Å². The molecule has 10 rings (SSSR count). The molecule has 13 heteroatoms. The lowest BCUT2D eigenvalue weighted by atomic mass is 9.74. The summed E-state index contributed by atoms with van der Waals surface area (Å²) in [7, 11) is 0. The second-order valence-corrected chi connectivity index (χ2v) is 18.1. The summed E-state index contributed by atoms with van der Waals surface area (Å²) in [5.74, 6) is -2.48. The van der Waals surface area contributed by atoms with Crippen LogP contribution in [0.3, 0.4) is 0 Å². The third-order valence-corrected chi connectivity index (χ3v) is 13.9. The summed E-state index contributed by atoms with van der Waals surface area (Å²) in [5, 5.41) is 9.16. The Bertz CT molecular complexity index is 3480. The highest BCUT2D eigenvalue weighted by Gasteiger charge is 2.58. The van der Waals surface area contributed by atoms with Gasteiger partial charge in [-0.3, -0.25) is 43.7 Å². The largest absolute Gasteiger partial charge is 0.417 e. The van der Waals surface area contributed by atoms with Crippen molar-refractivity contribution in [1.82, 2.24) is 15.0 Å². The molecule has 1 fully saturated rings. The van der Waals surface area contributed by atoms with Gasteiger partial charge in [-0.1, -0.05) is 55.5 Å². The van der Waals surface area contributed by atoms with E-state index in [1.165, 1.54) is 12.3 Å². The second-order valence-electron chi connectivity index (χ2n) is 18.1. The van der Waals surface area contributed by atoms with Crippen molar-refractivity contribution < 1.29 is 41.9 Å². The number of hydrogen-bond donors (Lipinski definition) is 0. The Balaban J connectivity index is 0.980. The van der Waals surface area contributed by atoms with E-state index < -0.39 is 28.7 Å². The van der Waals surface area contributed by atoms with Crippen LogP contribution in [-0.4, -0.2) is 49.7 Å². The van der Waals surface area contributed by atoms with Gasteiger partial charge in [0.1, 0.15) is 6.07 Å². The van der Waals surface area contributed by atoms with Crippen LogP contribution in [0.4, 0.5) is 13.2 Å². The standard InChI is InChI=1S/C56H37F3N4O6/c1-28-42(51(66)38-9-5-4-8-37(38)49(28)64)23-36-7-6-10-47(63-36)32-13-18-40-44(20-32)53(68)45(22-35-16-14-33(27-62-35)56(57,58)59)48(54(40)69)55(3)24-46(55)31-12-17-39-43(19-31)50(65)29(2)41(52(39)67)21-34-15-11-30(25-60)26-61-34/h4-20,26-27,46H,21-24H2,1-3H3. The Morgan fingerprint density at radius 1 is 0.594 bits per heavy atom. The van der Waals surface area contributed by atoms with Gasteiger partial charge in [-0.05, 0) is 86.3 Å². The van der Waals surface area contributed by atoms with E-state index in [0.717, 1.165) is 6.07 Å². The number of fused-ring (bicyclic) bond motifs is 3. The fourth-order valence-electron chi connectivity index (χ4n) is 9.92. The number of hydrogen-bond acceptors (Lipinski definition) is 10. The first-order chi connectivity index (χ1) is 33.0. The van der Waals surface area contributed by atoms with Gasteiger partial charge < -0.3 is 0 Å². The minimum atomic E-state index is -4.65. The molecule has 1 saturated carbocycles. The van der Waals surface area contributed by atoms with Crippen molar-refractivity contribution in [3.05, 3.63) is 216 Å². The highest BCUT2D eigenvalue weighted by Crippen LogP contribution is 2.65. The molecule has 2 unspecified atom stereocenters. The fourth-order valence-corrected chi connectivity index (χ4v) is 9.92. The number of alkyl halides is 3. The first-order valence-electron chi connectivity index (χ1n) is 22.1. The van der Waals surface area contributed by atoms with Crippen LogP contribution in [0, 0.1) is 16.7 Å². The number of nitriles is 1. The lowest BCUT2D eigenvalue weighted by Gasteiger charge is -2.27. The van der Waals surface area contributed by atoms with Gasteiger partial charge in [0.2, 0.25) is 0 Å². The molecule has 3 aromatic carbocycles. The Labute approximate surface area is 393 Å². The molecule has 69 heavy (non-hydrogen) atoms. The number of carbonyl (C=O) groups excluding carboxylic acids is 6. The zero-order valence-electron chi connectivity index (χ0n) is 37.2. The number of nitrogens with zero attached hydrogens (tertiary/aromatic N) is 4. The fraction of sp³-hybridized carbons (Fsp3) is 0.179. The number of benzene rings is 3. The average molecular weight is 919 g/mol. The molecule has 2 atom stereocenters. The molecule has 4 aliphatic rings. The lowest BCUT2D eigenvalue weighted by molar-refractivity contribution is -0.137. The van der Waals surface area contributed by atoms with E-state index in [1.54, 1.807) is 105 Å². The van der Waals surface area contributed by atoms with E-state index in [-0.39, 0.29) is 93.0 Å². The molecule has 3 aromatic heterocycles. The molecule has 3 heterocycles. The summed E-state index contributed by atoms with van der Waals surface area (Å²) in [6.45, 7) is 5.05. The highest BCUT2D eigenvalue weighted by atomic mass is 19.4. The number of rotatable bonds is 9. The molecule has 0 saturated heterocycles. The Morgan fingerprint density at radius 3 is 1.80 bits per heavy atom. The second kappa shape index (κ2) is 16.4. The minimum absolute atomic E-state index is 0.0701. The van der Waals surface area contributed by atoms with Crippen LogP contribution >= 0.6 is 0 Å². The van der Waals surface area contributed by atoms with Crippen molar-refractivity contribution in [3.63, 3.8) is 0 Å². The van der Waals surface area contributed by atoms with E-state index in [4.69, 9.17) is 10.2 Å². The van der Waals surface area contributed by atoms with E-state index in [2.05, 4.69) is 9.97 Å². The molecule has 6 aromatic rings. The summed E-state index contributed by atoms with van der Waals surface area (Å²) >= 11 is 0. The molecule has 10 nitrogen and oxygen atoms in total. The number of carbonyl (C=O) groups is 6. The zero-order valence-corrected chi connectivity index (χ0v) is 37.2. The van der Waals surface area contributed by atoms with Crippen molar-refractivity contribution in [2.45, 2.75) is 58.5 Å². The third-order valence-electron chi connectivity index (χ3n) is 13.9. The number of ketones is 6. The van der Waals surface area contributed by atoms with Crippen molar-refractivity contribution in [3.8, 4) is 17.3 Å². The third kappa shape index (κ3) is 7.58. The maximum Gasteiger partial charge on any atom is 0.417 e. The van der Waals surface area contributed by atoms with Crippen LogP contribution in [0.1, 0.15) is 129 Å². The summed E-state index contributed by atoms with van der Waals surface area (Å²) in [6.07, 6.45) is -2.25. The molecule has 0 amide bonds. The molecule has 4 aliphatic carbocycles. The molecule has 0 N–H and O–H groups in total. The smallest absolute Gasteiger partial charge is 0.289 e. The van der Waals surface area contributed by atoms with E-state index in [9.17, 15) is 41.9 Å². The SMILES string of the molecule is CC1=C(Cc2ccc(C#N)cn2)C(=O)c2ccc(C3CC3(C)C3=C(Cc4ccc(C(F)(F)F)cn4)C(=O)c4cc(-c5cccc(CC6=C(C)C(=O)c7ccccc7C6=O)n5)ccc4C3=O)cc2C1=O. The number of allylic oxidation sites excluding steroid dienone is 6. The summed E-state index contributed by atoms with van der Waals surface area (Å²) in [6, 6.07) is 28.9. The van der Waals surface area contributed by atoms with Gasteiger partial charge in [0, 0.05) is 127 Å². The number of pyridine rings is 3. The van der Waals surface area contributed by atoms with Crippen LogP contribution in [0.2, 0.25) is 0 Å². The first-order valence-corrected chi connectivity index (χ1v) is 22.1. The lowest BCUT2D eigenvalue weighted by Crippen LogP contribution is -2.28. The number of Topliss-reactive ketones (excluding diaryl/α,β-unsaturated/α-hetero) is 6. The van der Waals surface area contributed by atoms with Gasteiger partial charge >= 0.3 is 6.18 Å². The summed E-state index contributed by atoms with van der Waals surface area (Å²) in [5.41, 5.74) is 3.99. The van der Waals surface area contributed by atoms with Crippen LogP contribution in [-0.2, 0) is 25.4 Å². The maximum absolute atomic E-state index is 14.9. The maximum atomic E-state index is 14.9. The van der Waals surface area contributed by atoms with E-state index >= 15 is 0 Å². The van der Waals surface area contributed by atoms with E-state index in [1.807, 2.05) is 13.0 Å². The quantitative estimate of drug-likeness (QED) is 0.136. The average Bonchev–Trinajstić information content (AvgIpc) is 4.05. The molecule has 0 aliphatic heterocycles. The summed E-state index contributed by atoms with van der Waals surface area (Å²) in [4.78, 5) is 97.5. The predicted octanol–water partition coefficient (Wildman–Crippen LogP) is 10.4. The Morgan fingerprint density at radius 2 is 1.16 bits per heavy atom. The minimum Gasteiger partial charge on any atom is -0.289 e. The Hall–Kier alpha value is -8.37. The normalized spacial score (nSPS) is 18.9. The van der Waals surface area contributed by atoms with Gasteiger partial charge in [0.15, 0.2) is 34.7 Å². The topological polar surface area (TPSA) is 165 Å². The molecule has 338 valence electrons. The first kappa shape index (κ1) is 44.5. The number of aromatic nitrogens is 3. The van der Waals surface area contributed by atoms with Crippen LogP contribution in [0.15, 0.2) is 149 Å². The molecule has 0 spiro atoms. The molecular formula is C56H37F3N4O6. The van der Waals surface area contributed by atoms with Crippen LogP contribution < -0.4 is 0 Å². The number of halogens is 3. The molecule has 0 radical (unpaired) electrons. The van der Waals surface area contributed by atoms with Crippen LogP contribution in [0.25, 0.3) is 11.3 Å². The molecule has 0 bridgehead atoms. The molecular weight excluding hydrogens is 882 g/mol. The Kier molecular flexibility index (Phi) is 10.6.